The predicted molar refractivity (Wildman–Crippen MR) is 69.0 cm³/mol. The number of hydrogen-bond donors (Lipinski definition) is 1. The van der Waals surface area contributed by atoms with E-state index in [-0.39, 0.29) is 13.1 Å². The minimum absolute atomic E-state index is 0.0345. The van der Waals surface area contributed by atoms with E-state index < -0.39 is 38.4 Å². The second kappa shape index (κ2) is 6.55. The fourth-order valence-corrected chi connectivity index (χ4v) is 3.57. The highest BCUT2D eigenvalue weighted by atomic mass is 32.2. The molecule has 1 rings (SSSR count). The normalized spacial score (nSPS) is 12.4. The third kappa shape index (κ3) is 3.50. The molecule has 20 heavy (non-hydrogen) atoms. The van der Waals surface area contributed by atoms with E-state index in [1.165, 1.54) is 0 Å². The van der Waals surface area contributed by atoms with Crippen LogP contribution in [0, 0.1) is 17.5 Å². The van der Waals surface area contributed by atoms with Gasteiger partial charge in [0.1, 0.15) is 17.5 Å². The first-order valence-electron chi connectivity index (χ1n) is 6.08. The van der Waals surface area contributed by atoms with Gasteiger partial charge < -0.3 is 5.73 Å². The molecule has 8 heteroatoms. The van der Waals surface area contributed by atoms with Crippen LogP contribution in [0.15, 0.2) is 17.0 Å². The predicted octanol–water partition coefficient (Wildman–Crippen LogP) is 1.85. The highest BCUT2D eigenvalue weighted by Gasteiger charge is 2.32. The Labute approximate surface area is 116 Å². The van der Waals surface area contributed by atoms with Crippen molar-refractivity contribution in [2.75, 3.05) is 13.1 Å². The number of hydrogen-bond acceptors (Lipinski definition) is 3. The van der Waals surface area contributed by atoms with E-state index in [0.29, 0.717) is 18.6 Å². The van der Waals surface area contributed by atoms with Crippen LogP contribution in [0.25, 0.3) is 0 Å². The third-order valence-corrected chi connectivity index (χ3v) is 4.82. The topological polar surface area (TPSA) is 63.4 Å². The van der Waals surface area contributed by atoms with Crippen molar-refractivity contribution in [3.63, 3.8) is 0 Å². The van der Waals surface area contributed by atoms with E-state index in [1.807, 2.05) is 0 Å². The van der Waals surface area contributed by atoms with E-state index in [2.05, 4.69) is 0 Å². The van der Waals surface area contributed by atoms with Gasteiger partial charge in [0.15, 0.2) is 4.90 Å². The van der Waals surface area contributed by atoms with Crippen molar-refractivity contribution in [3.8, 4) is 0 Å². The van der Waals surface area contributed by atoms with Crippen LogP contribution in [-0.4, -0.2) is 31.9 Å². The van der Waals surface area contributed by atoms with Crippen molar-refractivity contribution in [3.05, 3.63) is 29.6 Å². The maximum atomic E-state index is 13.6. The minimum atomic E-state index is -4.39. The van der Waals surface area contributed by atoms with Crippen LogP contribution in [0.3, 0.4) is 0 Å². The summed E-state index contributed by atoms with van der Waals surface area (Å²) in [6.07, 6.45) is 0.349. The zero-order valence-electron chi connectivity index (χ0n) is 11.2. The summed E-state index contributed by atoms with van der Waals surface area (Å²) in [5, 5.41) is 0. The fourth-order valence-electron chi connectivity index (χ4n) is 1.80. The molecule has 0 unspecified atom stereocenters. The average Bonchev–Trinajstić information content (AvgIpc) is 2.26. The Morgan fingerprint density at radius 2 is 1.70 bits per heavy atom. The maximum absolute atomic E-state index is 13.6. The Kier molecular flexibility index (Phi) is 5.55. The number of halogens is 3. The van der Waals surface area contributed by atoms with Gasteiger partial charge in [-0.05, 0) is 26.8 Å². The minimum Gasteiger partial charge on any atom is -0.330 e. The number of rotatable bonds is 6. The van der Waals surface area contributed by atoms with Crippen LogP contribution < -0.4 is 5.73 Å². The van der Waals surface area contributed by atoms with Crippen molar-refractivity contribution < 1.29 is 21.6 Å². The quantitative estimate of drug-likeness (QED) is 0.872. The molecule has 0 saturated heterocycles. The van der Waals surface area contributed by atoms with Gasteiger partial charge in [-0.25, -0.2) is 21.6 Å². The van der Waals surface area contributed by atoms with E-state index in [9.17, 15) is 21.6 Å². The summed E-state index contributed by atoms with van der Waals surface area (Å²) in [6, 6.07) is 0.185. The van der Waals surface area contributed by atoms with Gasteiger partial charge in [0.25, 0.3) is 0 Å². The Morgan fingerprint density at radius 1 is 1.20 bits per heavy atom. The molecule has 2 N–H and O–H groups in total. The molecule has 0 heterocycles. The van der Waals surface area contributed by atoms with Gasteiger partial charge in [-0.1, -0.05) is 0 Å². The van der Waals surface area contributed by atoms with Gasteiger partial charge in [-0.2, -0.15) is 4.31 Å². The lowest BCUT2D eigenvalue weighted by atomic mass is 10.3. The summed E-state index contributed by atoms with van der Waals surface area (Å²) in [5.74, 6) is -4.06. The zero-order valence-corrected chi connectivity index (χ0v) is 12.1. The Bertz CT molecular complexity index is 553. The van der Waals surface area contributed by atoms with Crippen molar-refractivity contribution in [1.29, 1.82) is 0 Å². The van der Waals surface area contributed by atoms with E-state index >= 15 is 0 Å². The Hall–Kier alpha value is -1.12. The highest BCUT2D eigenvalue weighted by Crippen LogP contribution is 2.25. The first kappa shape index (κ1) is 16.9. The standard InChI is InChI=1S/C12H17F3N2O2S/c1-8(2)17(5-3-4-16)20(18,19)12-10(14)6-9(13)7-11(12)15/h6-8H,3-5,16H2,1-2H3. The van der Waals surface area contributed by atoms with Gasteiger partial charge in [0.05, 0.1) is 0 Å². The largest absolute Gasteiger partial charge is 0.330 e. The zero-order chi connectivity index (χ0) is 15.5. The lowest BCUT2D eigenvalue weighted by Gasteiger charge is -2.26. The van der Waals surface area contributed by atoms with Crippen LogP contribution in [0.4, 0.5) is 13.2 Å². The summed E-state index contributed by atoms with van der Waals surface area (Å²) in [6.45, 7) is 3.43. The molecule has 0 fully saturated rings. The second-order valence-electron chi connectivity index (χ2n) is 4.55. The molecule has 0 radical (unpaired) electrons. The lowest BCUT2D eigenvalue weighted by molar-refractivity contribution is 0.346. The van der Waals surface area contributed by atoms with Gasteiger partial charge in [0.2, 0.25) is 10.0 Å². The van der Waals surface area contributed by atoms with Gasteiger partial charge >= 0.3 is 0 Å². The molecule has 0 bridgehead atoms. The number of sulfonamides is 1. The van der Waals surface area contributed by atoms with Gasteiger partial charge in [-0.15, -0.1) is 0 Å². The van der Waals surface area contributed by atoms with Crippen LogP contribution in [0.2, 0.25) is 0 Å². The second-order valence-corrected chi connectivity index (χ2v) is 6.38. The van der Waals surface area contributed by atoms with Crippen LogP contribution in [0.1, 0.15) is 20.3 Å². The Balaban J connectivity index is 3.34. The maximum Gasteiger partial charge on any atom is 0.249 e. The summed E-state index contributed by atoms with van der Waals surface area (Å²) >= 11 is 0. The molecule has 0 saturated carbocycles. The SMILES string of the molecule is CC(C)N(CCCN)S(=O)(=O)c1c(F)cc(F)cc1F. The van der Waals surface area contributed by atoms with Crippen molar-refractivity contribution in [2.45, 2.75) is 31.2 Å². The molecule has 1 aromatic carbocycles. The van der Waals surface area contributed by atoms with Gasteiger partial charge in [0, 0.05) is 24.7 Å². The first-order valence-corrected chi connectivity index (χ1v) is 7.52. The van der Waals surface area contributed by atoms with Crippen LogP contribution in [-0.2, 0) is 10.0 Å². The number of benzene rings is 1. The smallest absolute Gasteiger partial charge is 0.249 e. The van der Waals surface area contributed by atoms with E-state index in [4.69, 9.17) is 5.73 Å². The number of nitrogens with zero attached hydrogens (tertiary/aromatic N) is 1. The Morgan fingerprint density at radius 3 is 2.10 bits per heavy atom. The molecular formula is C12H17F3N2O2S. The van der Waals surface area contributed by atoms with E-state index in [0.717, 1.165) is 4.31 Å². The van der Waals surface area contributed by atoms with Crippen LogP contribution in [0.5, 0.6) is 0 Å². The molecule has 0 spiro atoms. The van der Waals surface area contributed by atoms with E-state index in [1.54, 1.807) is 13.8 Å². The van der Waals surface area contributed by atoms with Crippen molar-refractivity contribution >= 4 is 10.0 Å². The molecular weight excluding hydrogens is 293 g/mol. The summed E-state index contributed by atoms with van der Waals surface area (Å²) in [5.41, 5.74) is 5.32. The molecule has 1 aromatic rings. The van der Waals surface area contributed by atoms with Gasteiger partial charge in [-0.3, -0.25) is 0 Å². The number of nitrogens with two attached hydrogens (primary N) is 1. The monoisotopic (exact) mass is 310 g/mol. The molecule has 0 atom stereocenters. The lowest BCUT2D eigenvalue weighted by Crippen LogP contribution is -2.39. The third-order valence-electron chi connectivity index (χ3n) is 2.69. The fraction of sp³-hybridized carbons (Fsp3) is 0.500. The first-order chi connectivity index (χ1) is 9.21. The average molecular weight is 310 g/mol. The summed E-state index contributed by atoms with van der Waals surface area (Å²) < 4.78 is 65.7. The molecule has 114 valence electrons. The van der Waals surface area contributed by atoms with Crippen LogP contribution >= 0.6 is 0 Å². The van der Waals surface area contributed by atoms with Crippen molar-refractivity contribution in [2.24, 2.45) is 5.73 Å². The summed E-state index contributed by atoms with van der Waals surface area (Å²) in [7, 11) is -4.39. The highest BCUT2D eigenvalue weighted by molar-refractivity contribution is 7.89. The molecule has 0 aromatic heterocycles. The summed E-state index contributed by atoms with van der Waals surface area (Å²) in [4.78, 5) is -1.13. The molecule has 4 nitrogen and oxygen atoms in total. The molecule has 0 amide bonds. The molecule has 0 aliphatic rings. The van der Waals surface area contributed by atoms with Crippen molar-refractivity contribution in [1.82, 2.24) is 4.31 Å². The molecule has 0 aliphatic carbocycles. The molecule has 0 aliphatic heterocycles.